The molecule has 2 heteroatoms. The van der Waals surface area contributed by atoms with Gasteiger partial charge in [-0.3, -0.25) is 4.98 Å². The molecule has 0 spiro atoms. The quantitative estimate of drug-likeness (QED) is 0.625. The van der Waals surface area contributed by atoms with Crippen LogP contribution in [0.15, 0.2) is 72.9 Å². The molecule has 0 aliphatic rings. The van der Waals surface area contributed by atoms with Gasteiger partial charge in [-0.25, -0.2) is 0 Å². The predicted octanol–water partition coefficient (Wildman–Crippen LogP) is 4.88. The first-order valence-electron chi connectivity index (χ1n) is 8.12. The van der Waals surface area contributed by atoms with Crippen LogP contribution in [0.3, 0.4) is 0 Å². The van der Waals surface area contributed by atoms with Crippen molar-refractivity contribution >= 4 is 13.3 Å². The number of rotatable bonds is 4. The SMILES string of the molecule is C[Si](C)(C)c1ccc(-c2cccc(Cc3ccccc3)c2)nc1. The Morgan fingerprint density at radius 1 is 0.783 bits per heavy atom. The van der Waals surface area contributed by atoms with Gasteiger partial charge >= 0.3 is 0 Å². The van der Waals surface area contributed by atoms with Crippen molar-refractivity contribution in [3.05, 3.63) is 84.1 Å². The van der Waals surface area contributed by atoms with Crippen molar-refractivity contribution in [1.29, 1.82) is 0 Å². The smallest absolute Gasteiger partial charge is 0.0796 e. The maximum absolute atomic E-state index is 4.70. The molecule has 0 bridgehead atoms. The largest absolute Gasteiger partial charge is 0.256 e. The fraction of sp³-hybridized carbons (Fsp3) is 0.190. The third-order valence-electron chi connectivity index (χ3n) is 4.10. The Bertz CT molecular complexity index is 771. The first-order chi connectivity index (χ1) is 11.0. The summed E-state index contributed by atoms with van der Waals surface area (Å²) < 4.78 is 0. The van der Waals surface area contributed by atoms with Crippen LogP contribution in [0.4, 0.5) is 0 Å². The molecule has 0 saturated heterocycles. The molecule has 116 valence electrons. The van der Waals surface area contributed by atoms with Crippen molar-refractivity contribution in [2.75, 3.05) is 0 Å². The van der Waals surface area contributed by atoms with Crippen molar-refractivity contribution in [3.8, 4) is 11.3 Å². The van der Waals surface area contributed by atoms with Crippen molar-refractivity contribution in [2.24, 2.45) is 0 Å². The lowest BCUT2D eigenvalue weighted by Gasteiger charge is -2.16. The van der Waals surface area contributed by atoms with Crippen LogP contribution in [-0.2, 0) is 6.42 Å². The molecule has 1 aromatic heterocycles. The lowest BCUT2D eigenvalue weighted by atomic mass is 10.0. The van der Waals surface area contributed by atoms with Crippen LogP contribution >= 0.6 is 0 Å². The van der Waals surface area contributed by atoms with E-state index < -0.39 is 8.07 Å². The summed E-state index contributed by atoms with van der Waals surface area (Å²) in [6, 6.07) is 23.7. The van der Waals surface area contributed by atoms with E-state index in [9.17, 15) is 0 Å². The fourth-order valence-electron chi connectivity index (χ4n) is 2.68. The summed E-state index contributed by atoms with van der Waals surface area (Å²) in [4.78, 5) is 4.70. The number of pyridine rings is 1. The van der Waals surface area contributed by atoms with Crippen LogP contribution in [0.1, 0.15) is 11.1 Å². The van der Waals surface area contributed by atoms with Gasteiger partial charge in [-0.05, 0) is 34.9 Å². The van der Waals surface area contributed by atoms with Crippen LogP contribution in [-0.4, -0.2) is 13.1 Å². The molecular weight excluding hydrogens is 294 g/mol. The highest BCUT2D eigenvalue weighted by atomic mass is 28.3. The monoisotopic (exact) mass is 317 g/mol. The zero-order valence-electron chi connectivity index (χ0n) is 14.1. The van der Waals surface area contributed by atoms with E-state index in [-0.39, 0.29) is 0 Å². The molecule has 3 aromatic rings. The molecule has 2 aromatic carbocycles. The van der Waals surface area contributed by atoms with Crippen LogP contribution in [0.2, 0.25) is 19.6 Å². The Balaban J connectivity index is 1.85. The maximum Gasteiger partial charge on any atom is 0.0796 e. The van der Waals surface area contributed by atoms with E-state index in [1.165, 1.54) is 21.9 Å². The molecule has 3 rings (SSSR count). The molecule has 1 heterocycles. The summed E-state index contributed by atoms with van der Waals surface area (Å²) in [6.07, 6.45) is 3.02. The molecule has 0 amide bonds. The molecule has 0 fully saturated rings. The molecule has 0 N–H and O–H groups in total. The summed E-state index contributed by atoms with van der Waals surface area (Å²) in [7, 11) is -1.28. The molecular formula is C21H23NSi. The van der Waals surface area contributed by atoms with Gasteiger partial charge in [0.25, 0.3) is 0 Å². The number of hydrogen-bond donors (Lipinski definition) is 0. The van der Waals surface area contributed by atoms with Crippen LogP contribution in [0.25, 0.3) is 11.3 Å². The predicted molar refractivity (Wildman–Crippen MR) is 102 cm³/mol. The average molecular weight is 318 g/mol. The lowest BCUT2D eigenvalue weighted by molar-refractivity contribution is 1.19. The highest BCUT2D eigenvalue weighted by molar-refractivity contribution is 6.88. The third-order valence-corrected chi connectivity index (χ3v) is 6.13. The minimum atomic E-state index is -1.28. The van der Waals surface area contributed by atoms with Gasteiger partial charge in [-0.2, -0.15) is 0 Å². The number of benzene rings is 2. The zero-order valence-corrected chi connectivity index (χ0v) is 15.1. The molecule has 0 atom stereocenters. The Labute approximate surface area is 140 Å². The number of aromatic nitrogens is 1. The Morgan fingerprint density at radius 2 is 1.52 bits per heavy atom. The van der Waals surface area contributed by atoms with Crippen molar-refractivity contribution < 1.29 is 0 Å². The first kappa shape index (κ1) is 15.7. The lowest BCUT2D eigenvalue weighted by Crippen LogP contribution is -2.37. The maximum atomic E-state index is 4.70. The molecule has 0 saturated carbocycles. The van der Waals surface area contributed by atoms with E-state index in [0.717, 1.165) is 12.1 Å². The molecule has 0 aliphatic carbocycles. The highest BCUT2D eigenvalue weighted by Crippen LogP contribution is 2.19. The van der Waals surface area contributed by atoms with Crippen LogP contribution < -0.4 is 5.19 Å². The van der Waals surface area contributed by atoms with Crippen LogP contribution in [0, 0.1) is 0 Å². The van der Waals surface area contributed by atoms with Crippen molar-refractivity contribution in [2.45, 2.75) is 26.1 Å². The van der Waals surface area contributed by atoms with E-state index in [2.05, 4.69) is 92.6 Å². The Morgan fingerprint density at radius 3 is 2.17 bits per heavy atom. The average Bonchev–Trinajstić information content (AvgIpc) is 2.55. The van der Waals surface area contributed by atoms with Gasteiger partial charge in [-0.1, -0.05) is 74.2 Å². The summed E-state index contributed by atoms with van der Waals surface area (Å²) in [5.74, 6) is 0. The fourth-order valence-corrected chi connectivity index (χ4v) is 3.72. The summed E-state index contributed by atoms with van der Waals surface area (Å²) >= 11 is 0. The molecule has 0 radical (unpaired) electrons. The van der Waals surface area contributed by atoms with Gasteiger partial charge in [0, 0.05) is 11.8 Å². The molecule has 1 nitrogen and oxygen atoms in total. The highest BCUT2D eigenvalue weighted by Gasteiger charge is 2.16. The Kier molecular flexibility index (Phi) is 4.44. The summed E-state index contributed by atoms with van der Waals surface area (Å²) in [5.41, 5.74) is 4.92. The zero-order chi connectivity index (χ0) is 16.3. The third kappa shape index (κ3) is 3.96. The topological polar surface area (TPSA) is 12.9 Å². The normalized spacial score (nSPS) is 11.4. The van der Waals surface area contributed by atoms with Crippen molar-refractivity contribution in [3.63, 3.8) is 0 Å². The van der Waals surface area contributed by atoms with Gasteiger partial charge in [0.05, 0.1) is 13.8 Å². The summed E-state index contributed by atoms with van der Waals surface area (Å²) in [6.45, 7) is 7.05. The van der Waals surface area contributed by atoms with E-state index in [1.807, 2.05) is 0 Å². The minimum Gasteiger partial charge on any atom is -0.256 e. The van der Waals surface area contributed by atoms with E-state index in [0.29, 0.717) is 0 Å². The number of nitrogens with zero attached hydrogens (tertiary/aromatic N) is 1. The van der Waals surface area contributed by atoms with Crippen LogP contribution in [0.5, 0.6) is 0 Å². The second-order valence-corrected chi connectivity index (χ2v) is 12.1. The molecule has 23 heavy (non-hydrogen) atoms. The second-order valence-electron chi connectivity index (χ2n) is 7.04. The first-order valence-corrected chi connectivity index (χ1v) is 11.6. The van der Waals surface area contributed by atoms with Crippen molar-refractivity contribution in [1.82, 2.24) is 4.98 Å². The molecule has 0 unspecified atom stereocenters. The van der Waals surface area contributed by atoms with Gasteiger partial charge in [-0.15, -0.1) is 0 Å². The second kappa shape index (κ2) is 6.51. The molecule has 0 aliphatic heterocycles. The van der Waals surface area contributed by atoms with Gasteiger partial charge in [0.2, 0.25) is 0 Å². The standard InChI is InChI=1S/C21H23NSi/c1-23(2,3)20-12-13-21(22-16-20)19-11-7-10-18(15-19)14-17-8-5-4-6-9-17/h4-13,15-16H,14H2,1-3H3. The number of hydrogen-bond acceptors (Lipinski definition) is 1. The minimum absolute atomic E-state index is 0.960. The van der Waals surface area contributed by atoms with Gasteiger partial charge in [0.1, 0.15) is 0 Å². The Hall–Kier alpha value is -2.19. The van der Waals surface area contributed by atoms with E-state index in [4.69, 9.17) is 4.98 Å². The van der Waals surface area contributed by atoms with E-state index in [1.54, 1.807) is 0 Å². The van der Waals surface area contributed by atoms with Gasteiger partial charge < -0.3 is 0 Å². The van der Waals surface area contributed by atoms with Gasteiger partial charge in [0.15, 0.2) is 0 Å². The summed E-state index contributed by atoms with van der Waals surface area (Å²) in [5, 5.41) is 1.40. The van der Waals surface area contributed by atoms with E-state index >= 15 is 0 Å².